The molecule has 0 radical (unpaired) electrons. The van der Waals surface area contributed by atoms with E-state index in [1.165, 1.54) is 6.08 Å². The molecule has 2 aromatic rings. The summed E-state index contributed by atoms with van der Waals surface area (Å²) in [5, 5.41) is 3.38. The Morgan fingerprint density at radius 3 is 2.52 bits per heavy atom. The smallest absolute Gasteiger partial charge is 0.244 e. The van der Waals surface area contributed by atoms with Gasteiger partial charge in [-0.1, -0.05) is 53.8 Å². The van der Waals surface area contributed by atoms with Crippen molar-refractivity contribution in [1.29, 1.82) is 0 Å². The molecule has 104 valence electrons. The lowest BCUT2D eigenvalue weighted by Crippen LogP contribution is -2.20. The fourth-order valence-electron chi connectivity index (χ4n) is 1.60. The molecule has 0 saturated heterocycles. The molecule has 1 N–H and O–H groups in total. The lowest BCUT2D eigenvalue weighted by molar-refractivity contribution is -0.116. The summed E-state index contributed by atoms with van der Waals surface area (Å²) in [7, 11) is 0. The minimum Gasteiger partial charge on any atom is -0.342 e. The number of carbonyl (C=O) groups excluding carboxylic acids is 1. The monoisotopic (exact) mass is 295 g/mol. The van der Waals surface area contributed by atoms with Gasteiger partial charge in [-0.2, -0.15) is 0 Å². The molecule has 0 bridgehead atoms. The average Bonchev–Trinajstić information content (AvgIpc) is 2.52. The van der Waals surface area contributed by atoms with E-state index in [9.17, 15) is 4.79 Å². The van der Waals surface area contributed by atoms with Gasteiger partial charge in [0.2, 0.25) is 5.91 Å². The lowest BCUT2D eigenvalue weighted by Gasteiger charge is -1.96. The van der Waals surface area contributed by atoms with Crippen LogP contribution in [0.4, 0.5) is 0 Å². The highest BCUT2D eigenvalue weighted by atomic mass is 35.5. The van der Waals surface area contributed by atoms with E-state index >= 15 is 0 Å². The second-order valence-electron chi connectivity index (χ2n) is 4.27. The standard InChI is InChI=1S/C18H14ClNO/c19-17-11-8-16(9-12-17)10-13-18(21)20-14-4-7-15-5-2-1-3-6-15/h1-3,5-6,8-13H,14H2,(H,20,21)/b13-10+. The summed E-state index contributed by atoms with van der Waals surface area (Å²) in [5.41, 5.74) is 1.85. The Morgan fingerprint density at radius 1 is 1.10 bits per heavy atom. The van der Waals surface area contributed by atoms with Crippen molar-refractivity contribution in [2.24, 2.45) is 0 Å². The fourth-order valence-corrected chi connectivity index (χ4v) is 1.73. The maximum absolute atomic E-state index is 11.6. The maximum Gasteiger partial charge on any atom is 0.244 e. The third-order valence-electron chi connectivity index (χ3n) is 2.65. The van der Waals surface area contributed by atoms with Crippen LogP contribution in [0.3, 0.4) is 0 Å². The molecule has 21 heavy (non-hydrogen) atoms. The van der Waals surface area contributed by atoms with Crippen LogP contribution in [0.1, 0.15) is 11.1 Å². The van der Waals surface area contributed by atoms with Crippen LogP contribution in [0.25, 0.3) is 6.08 Å². The second kappa shape index (κ2) is 7.94. The highest BCUT2D eigenvalue weighted by Gasteiger charge is 1.93. The molecule has 0 saturated carbocycles. The van der Waals surface area contributed by atoms with E-state index in [2.05, 4.69) is 17.2 Å². The minimum atomic E-state index is -0.174. The first-order valence-electron chi connectivity index (χ1n) is 6.49. The van der Waals surface area contributed by atoms with Crippen LogP contribution in [-0.4, -0.2) is 12.5 Å². The van der Waals surface area contributed by atoms with Gasteiger partial charge in [0.15, 0.2) is 0 Å². The van der Waals surface area contributed by atoms with Crippen molar-refractivity contribution in [3.8, 4) is 11.8 Å². The molecule has 0 aliphatic carbocycles. The van der Waals surface area contributed by atoms with E-state index in [0.717, 1.165) is 11.1 Å². The quantitative estimate of drug-likeness (QED) is 0.681. The van der Waals surface area contributed by atoms with Crippen molar-refractivity contribution in [3.63, 3.8) is 0 Å². The number of hydrogen-bond donors (Lipinski definition) is 1. The maximum atomic E-state index is 11.6. The second-order valence-corrected chi connectivity index (χ2v) is 4.71. The third-order valence-corrected chi connectivity index (χ3v) is 2.91. The predicted octanol–water partition coefficient (Wildman–Crippen LogP) is 3.52. The zero-order valence-electron chi connectivity index (χ0n) is 11.3. The summed E-state index contributed by atoms with van der Waals surface area (Å²) >= 11 is 5.79. The summed E-state index contributed by atoms with van der Waals surface area (Å²) < 4.78 is 0. The normalized spacial score (nSPS) is 9.95. The molecule has 0 aliphatic heterocycles. The Morgan fingerprint density at radius 2 is 1.81 bits per heavy atom. The molecule has 3 heteroatoms. The van der Waals surface area contributed by atoms with Crippen molar-refractivity contribution in [1.82, 2.24) is 5.32 Å². The summed E-state index contributed by atoms with van der Waals surface area (Å²) in [6.45, 7) is 0.318. The number of carbonyl (C=O) groups is 1. The number of hydrogen-bond acceptors (Lipinski definition) is 1. The molecule has 0 aromatic heterocycles. The van der Waals surface area contributed by atoms with E-state index in [-0.39, 0.29) is 5.91 Å². The first-order valence-corrected chi connectivity index (χ1v) is 6.87. The molecule has 0 spiro atoms. The van der Waals surface area contributed by atoms with Crippen LogP contribution in [-0.2, 0) is 4.79 Å². The van der Waals surface area contributed by atoms with Gasteiger partial charge in [-0.25, -0.2) is 0 Å². The zero-order valence-corrected chi connectivity index (χ0v) is 12.1. The molecule has 2 nitrogen and oxygen atoms in total. The van der Waals surface area contributed by atoms with Crippen LogP contribution in [0.5, 0.6) is 0 Å². The van der Waals surface area contributed by atoms with Crippen LogP contribution >= 0.6 is 11.6 Å². The van der Waals surface area contributed by atoms with E-state index in [4.69, 9.17) is 11.6 Å². The Bertz CT molecular complexity index is 679. The summed E-state index contributed by atoms with van der Waals surface area (Å²) in [6, 6.07) is 16.9. The van der Waals surface area contributed by atoms with Crippen molar-refractivity contribution < 1.29 is 4.79 Å². The Kier molecular flexibility index (Phi) is 5.63. The third kappa shape index (κ3) is 5.56. The van der Waals surface area contributed by atoms with Crippen molar-refractivity contribution in [2.45, 2.75) is 0 Å². The highest BCUT2D eigenvalue weighted by Crippen LogP contribution is 2.10. The largest absolute Gasteiger partial charge is 0.342 e. The van der Waals surface area contributed by atoms with E-state index < -0.39 is 0 Å². The Hall–Kier alpha value is -2.50. The van der Waals surface area contributed by atoms with Crippen LogP contribution in [0.2, 0.25) is 5.02 Å². The van der Waals surface area contributed by atoms with Crippen LogP contribution in [0.15, 0.2) is 60.7 Å². The first kappa shape index (κ1) is 14.9. The van der Waals surface area contributed by atoms with Gasteiger partial charge in [-0.3, -0.25) is 4.79 Å². The summed E-state index contributed by atoms with van der Waals surface area (Å²) in [5.74, 6) is 5.71. The van der Waals surface area contributed by atoms with Gasteiger partial charge in [0, 0.05) is 16.7 Å². The lowest BCUT2D eigenvalue weighted by atomic mass is 10.2. The minimum absolute atomic E-state index is 0.174. The molecular weight excluding hydrogens is 282 g/mol. The number of halogens is 1. The van der Waals surface area contributed by atoms with E-state index in [0.29, 0.717) is 11.6 Å². The molecular formula is C18H14ClNO. The molecule has 1 amide bonds. The van der Waals surface area contributed by atoms with E-state index in [1.54, 1.807) is 18.2 Å². The Labute approximate surface area is 129 Å². The van der Waals surface area contributed by atoms with Crippen molar-refractivity contribution >= 4 is 23.6 Å². The summed E-state index contributed by atoms with van der Waals surface area (Å²) in [6.07, 6.45) is 3.21. The fraction of sp³-hybridized carbons (Fsp3) is 0.0556. The number of benzene rings is 2. The number of rotatable bonds is 3. The molecule has 2 aromatic carbocycles. The van der Waals surface area contributed by atoms with Crippen molar-refractivity contribution in [3.05, 3.63) is 76.8 Å². The van der Waals surface area contributed by atoms with Gasteiger partial charge in [0.25, 0.3) is 0 Å². The summed E-state index contributed by atoms with van der Waals surface area (Å²) in [4.78, 5) is 11.6. The van der Waals surface area contributed by atoms with Crippen LogP contribution < -0.4 is 5.32 Å². The highest BCUT2D eigenvalue weighted by molar-refractivity contribution is 6.30. The first-order chi connectivity index (χ1) is 10.2. The predicted molar refractivity (Wildman–Crippen MR) is 86.8 cm³/mol. The van der Waals surface area contributed by atoms with Gasteiger partial charge >= 0.3 is 0 Å². The molecule has 0 fully saturated rings. The Balaban J connectivity index is 1.80. The van der Waals surface area contributed by atoms with Gasteiger partial charge in [-0.15, -0.1) is 0 Å². The van der Waals surface area contributed by atoms with E-state index in [1.807, 2.05) is 42.5 Å². The average molecular weight is 296 g/mol. The van der Waals surface area contributed by atoms with Gasteiger partial charge in [0.1, 0.15) is 0 Å². The molecule has 0 atom stereocenters. The van der Waals surface area contributed by atoms with Gasteiger partial charge in [-0.05, 0) is 35.9 Å². The van der Waals surface area contributed by atoms with Gasteiger partial charge < -0.3 is 5.32 Å². The van der Waals surface area contributed by atoms with Crippen LogP contribution in [0, 0.1) is 11.8 Å². The molecule has 0 aliphatic rings. The molecule has 0 unspecified atom stereocenters. The zero-order chi connectivity index (χ0) is 14.9. The topological polar surface area (TPSA) is 29.1 Å². The number of amides is 1. The SMILES string of the molecule is O=C(/C=C/c1ccc(Cl)cc1)NCC#Cc1ccccc1. The molecule has 0 heterocycles. The van der Waals surface area contributed by atoms with Crippen molar-refractivity contribution in [2.75, 3.05) is 6.54 Å². The van der Waals surface area contributed by atoms with Gasteiger partial charge in [0.05, 0.1) is 6.54 Å². The molecule has 2 rings (SSSR count). The number of nitrogens with one attached hydrogen (secondary N) is 1.